The van der Waals surface area contributed by atoms with Crippen molar-refractivity contribution in [1.82, 2.24) is 0 Å². The Kier molecular flexibility index (Phi) is 0.964. The smallest absolute Gasteiger partial charge is 0.0123 e. The Balaban J connectivity index is 2.27. The molecule has 0 amide bonds. The summed E-state index contributed by atoms with van der Waals surface area (Å²) in [4.78, 5) is 0. The zero-order valence-electron chi connectivity index (χ0n) is 6.72. The molecule has 0 heteroatoms. The van der Waals surface area contributed by atoms with Gasteiger partial charge in [-0.15, -0.1) is 0 Å². The molecule has 0 bridgehead atoms. The Bertz CT molecular complexity index is 212. The molecule has 2 rings (SSSR count). The lowest BCUT2D eigenvalue weighted by Gasteiger charge is -2.07. The summed E-state index contributed by atoms with van der Waals surface area (Å²) in [5.41, 5.74) is 1.82. The third-order valence-corrected chi connectivity index (χ3v) is 3.19. The first-order chi connectivity index (χ1) is 4.67. The molecule has 0 aliphatic heterocycles. The molecule has 0 aromatic heterocycles. The van der Waals surface area contributed by atoms with Crippen LogP contribution < -0.4 is 0 Å². The van der Waals surface area contributed by atoms with Gasteiger partial charge in [0.1, 0.15) is 0 Å². The maximum absolute atomic E-state index is 4.03. The van der Waals surface area contributed by atoms with E-state index in [2.05, 4.69) is 32.6 Å². The molecule has 10 heavy (non-hydrogen) atoms. The lowest BCUT2D eigenvalue weighted by atomic mass is 9.97. The van der Waals surface area contributed by atoms with E-state index in [4.69, 9.17) is 0 Å². The summed E-state index contributed by atoms with van der Waals surface area (Å²) < 4.78 is 0. The fourth-order valence-corrected chi connectivity index (χ4v) is 2.24. The minimum absolute atomic E-state index is 0.458. The van der Waals surface area contributed by atoms with Crippen LogP contribution in [0.15, 0.2) is 24.3 Å². The standard InChI is InChI=1S/C10H14/c1-7(2)10-5-4-8(3)9(10)6-10/h4-5,8-9H,1,6H2,2-3H3. The molecule has 3 atom stereocenters. The number of fused-ring (bicyclic) bond motifs is 1. The van der Waals surface area contributed by atoms with Crippen LogP contribution in [0.1, 0.15) is 20.3 Å². The van der Waals surface area contributed by atoms with E-state index in [0.29, 0.717) is 5.41 Å². The summed E-state index contributed by atoms with van der Waals surface area (Å²) in [6, 6.07) is 0. The van der Waals surface area contributed by atoms with Gasteiger partial charge in [-0.25, -0.2) is 0 Å². The van der Waals surface area contributed by atoms with Gasteiger partial charge in [-0.3, -0.25) is 0 Å². The molecule has 1 fully saturated rings. The lowest BCUT2D eigenvalue weighted by Crippen LogP contribution is -1.98. The highest BCUT2D eigenvalue weighted by Gasteiger charge is 2.57. The highest BCUT2D eigenvalue weighted by molar-refractivity contribution is 5.35. The minimum Gasteiger partial charge on any atom is -0.0993 e. The van der Waals surface area contributed by atoms with Crippen LogP contribution in [0.5, 0.6) is 0 Å². The normalized spacial score (nSPS) is 49.0. The SMILES string of the molecule is C=C(C)C12C=CC(C)C1C2. The van der Waals surface area contributed by atoms with Crippen molar-refractivity contribution in [2.24, 2.45) is 17.3 Å². The zero-order chi connectivity index (χ0) is 7.35. The molecule has 3 unspecified atom stereocenters. The summed E-state index contributed by atoms with van der Waals surface area (Å²) in [6.07, 6.45) is 6.06. The van der Waals surface area contributed by atoms with Crippen molar-refractivity contribution >= 4 is 0 Å². The molecule has 0 spiro atoms. The van der Waals surface area contributed by atoms with Crippen molar-refractivity contribution in [3.8, 4) is 0 Å². The topological polar surface area (TPSA) is 0 Å². The van der Waals surface area contributed by atoms with Gasteiger partial charge >= 0.3 is 0 Å². The summed E-state index contributed by atoms with van der Waals surface area (Å²) in [7, 11) is 0. The highest BCUT2D eigenvalue weighted by Crippen LogP contribution is 2.65. The van der Waals surface area contributed by atoms with Gasteiger partial charge in [-0.05, 0) is 25.2 Å². The monoisotopic (exact) mass is 134 g/mol. The Morgan fingerprint density at radius 2 is 2.40 bits per heavy atom. The van der Waals surface area contributed by atoms with Gasteiger partial charge in [0.2, 0.25) is 0 Å². The zero-order valence-corrected chi connectivity index (χ0v) is 6.72. The second-order valence-corrected chi connectivity index (χ2v) is 3.85. The average Bonchev–Trinajstić information content (AvgIpc) is 2.52. The molecule has 0 aromatic carbocycles. The van der Waals surface area contributed by atoms with Crippen LogP contribution in [0.3, 0.4) is 0 Å². The van der Waals surface area contributed by atoms with E-state index >= 15 is 0 Å². The summed E-state index contributed by atoms with van der Waals surface area (Å²) in [6.45, 7) is 8.49. The Morgan fingerprint density at radius 1 is 1.70 bits per heavy atom. The second-order valence-electron chi connectivity index (χ2n) is 3.85. The highest BCUT2D eigenvalue weighted by atomic mass is 14.6. The molecule has 0 radical (unpaired) electrons. The molecule has 0 saturated heterocycles. The van der Waals surface area contributed by atoms with Crippen molar-refractivity contribution < 1.29 is 0 Å². The molecule has 2 aliphatic carbocycles. The van der Waals surface area contributed by atoms with E-state index in [9.17, 15) is 0 Å². The Morgan fingerprint density at radius 3 is 2.60 bits per heavy atom. The van der Waals surface area contributed by atoms with Gasteiger partial charge < -0.3 is 0 Å². The van der Waals surface area contributed by atoms with Crippen LogP contribution in [0, 0.1) is 17.3 Å². The largest absolute Gasteiger partial charge is 0.0993 e. The predicted molar refractivity (Wildman–Crippen MR) is 43.7 cm³/mol. The van der Waals surface area contributed by atoms with E-state index in [-0.39, 0.29) is 0 Å². The van der Waals surface area contributed by atoms with Gasteiger partial charge in [-0.1, -0.05) is 31.2 Å². The number of hydrogen-bond donors (Lipinski definition) is 0. The fourth-order valence-electron chi connectivity index (χ4n) is 2.24. The molecule has 0 nitrogen and oxygen atoms in total. The molecule has 2 aliphatic rings. The fraction of sp³-hybridized carbons (Fsp3) is 0.600. The number of allylic oxidation sites excluding steroid dienone is 3. The third-order valence-electron chi connectivity index (χ3n) is 3.19. The van der Waals surface area contributed by atoms with Crippen LogP contribution in [0.25, 0.3) is 0 Å². The molecular formula is C10H14. The van der Waals surface area contributed by atoms with E-state index in [1.807, 2.05) is 0 Å². The predicted octanol–water partition coefficient (Wildman–Crippen LogP) is 2.77. The first-order valence-electron chi connectivity index (χ1n) is 4.02. The summed E-state index contributed by atoms with van der Waals surface area (Å²) in [5, 5.41) is 0. The van der Waals surface area contributed by atoms with E-state index in [1.165, 1.54) is 12.0 Å². The first-order valence-corrected chi connectivity index (χ1v) is 4.02. The molecule has 0 N–H and O–H groups in total. The van der Waals surface area contributed by atoms with Crippen molar-refractivity contribution in [3.63, 3.8) is 0 Å². The van der Waals surface area contributed by atoms with Gasteiger partial charge in [-0.2, -0.15) is 0 Å². The van der Waals surface area contributed by atoms with Crippen molar-refractivity contribution in [3.05, 3.63) is 24.3 Å². The van der Waals surface area contributed by atoms with E-state index in [1.54, 1.807) is 0 Å². The molecule has 0 aromatic rings. The quantitative estimate of drug-likeness (QED) is 0.484. The van der Waals surface area contributed by atoms with Crippen LogP contribution in [-0.2, 0) is 0 Å². The number of hydrogen-bond acceptors (Lipinski definition) is 0. The van der Waals surface area contributed by atoms with Crippen LogP contribution in [0.4, 0.5) is 0 Å². The minimum atomic E-state index is 0.458. The first kappa shape index (κ1) is 6.21. The number of rotatable bonds is 1. The summed E-state index contributed by atoms with van der Waals surface area (Å²) >= 11 is 0. The molecule has 0 heterocycles. The molecular weight excluding hydrogens is 120 g/mol. The summed E-state index contributed by atoms with van der Waals surface area (Å²) in [5.74, 6) is 1.71. The third kappa shape index (κ3) is 0.524. The lowest BCUT2D eigenvalue weighted by molar-refractivity contribution is 0.584. The van der Waals surface area contributed by atoms with Crippen molar-refractivity contribution in [1.29, 1.82) is 0 Å². The van der Waals surface area contributed by atoms with Crippen LogP contribution in [-0.4, -0.2) is 0 Å². The van der Waals surface area contributed by atoms with Crippen molar-refractivity contribution in [2.75, 3.05) is 0 Å². The van der Waals surface area contributed by atoms with Crippen LogP contribution >= 0.6 is 0 Å². The van der Waals surface area contributed by atoms with Gasteiger partial charge in [0.15, 0.2) is 0 Å². The van der Waals surface area contributed by atoms with Gasteiger partial charge in [0.25, 0.3) is 0 Å². The Labute approximate surface area is 62.6 Å². The van der Waals surface area contributed by atoms with Gasteiger partial charge in [0, 0.05) is 5.41 Å². The Hall–Kier alpha value is -0.520. The average molecular weight is 134 g/mol. The maximum atomic E-state index is 4.03. The second kappa shape index (κ2) is 1.55. The van der Waals surface area contributed by atoms with E-state index < -0.39 is 0 Å². The molecule has 1 saturated carbocycles. The maximum Gasteiger partial charge on any atom is 0.0123 e. The van der Waals surface area contributed by atoms with E-state index in [0.717, 1.165) is 11.8 Å². The van der Waals surface area contributed by atoms with Crippen LogP contribution in [0.2, 0.25) is 0 Å². The van der Waals surface area contributed by atoms with Crippen molar-refractivity contribution in [2.45, 2.75) is 20.3 Å². The van der Waals surface area contributed by atoms with Gasteiger partial charge in [0.05, 0.1) is 0 Å². The molecule has 54 valence electrons.